The Kier molecular flexibility index (Phi) is 11.3. The molecule has 0 aliphatic carbocycles. The summed E-state index contributed by atoms with van der Waals surface area (Å²) in [5.41, 5.74) is 7.88. The van der Waals surface area contributed by atoms with E-state index in [-0.39, 0.29) is 6.54 Å². The average Bonchev–Trinajstić information content (AvgIpc) is 2.92. The second-order valence-electron chi connectivity index (χ2n) is 11.9. The number of aryl methyl sites for hydroxylation is 2. The molecule has 2 atom stereocenters. The summed E-state index contributed by atoms with van der Waals surface area (Å²) in [5.74, 6) is -1.79. The lowest BCUT2D eigenvalue weighted by molar-refractivity contribution is -0.142. The van der Waals surface area contributed by atoms with Gasteiger partial charge in [-0.2, -0.15) is 0 Å². The van der Waals surface area contributed by atoms with Gasteiger partial charge in [0.2, 0.25) is 11.8 Å². The number of amides is 4. The number of nitrogens with two attached hydrogens (primary N) is 1. The first kappa shape index (κ1) is 33.1. The predicted octanol–water partition coefficient (Wildman–Crippen LogP) is 5.92. The zero-order chi connectivity index (χ0) is 31.7. The molecule has 4 N–H and O–H groups in total. The smallest absolute Gasteiger partial charge is 0.408 e. The van der Waals surface area contributed by atoms with Gasteiger partial charge < -0.3 is 26.0 Å². The zero-order valence-corrected chi connectivity index (χ0v) is 26.0. The molecule has 3 rings (SSSR count). The summed E-state index contributed by atoms with van der Waals surface area (Å²) in [4.78, 5) is 54.6. The van der Waals surface area contributed by atoms with Gasteiger partial charge in [-0.3, -0.25) is 14.4 Å². The highest BCUT2D eigenvalue weighted by atomic mass is 16.6. The fraction of sp³-hybridized carbons (Fsp3) is 0.412. The number of nitrogens with zero attached hydrogens (tertiary/aromatic N) is 1. The van der Waals surface area contributed by atoms with Gasteiger partial charge in [0.15, 0.2) is 0 Å². The molecule has 0 heterocycles. The summed E-state index contributed by atoms with van der Waals surface area (Å²) in [5, 5.41) is 7.53. The van der Waals surface area contributed by atoms with Gasteiger partial charge in [0.25, 0.3) is 5.91 Å². The lowest BCUT2D eigenvalue weighted by atomic mass is 9.97. The number of fused-ring (bicyclic) bond motifs is 1. The molecule has 2 unspecified atom stereocenters. The maximum Gasteiger partial charge on any atom is 0.408 e. The molecule has 3 aromatic rings. The van der Waals surface area contributed by atoms with Crippen molar-refractivity contribution in [1.29, 1.82) is 0 Å². The molecule has 0 bridgehead atoms. The summed E-state index contributed by atoms with van der Waals surface area (Å²) >= 11 is 0. The number of hydrogen-bond acceptors (Lipinski definition) is 5. The Labute approximate surface area is 254 Å². The number of primary amides is 1. The molecule has 0 fully saturated rings. The van der Waals surface area contributed by atoms with Crippen LogP contribution in [-0.2, 0) is 19.1 Å². The number of unbranched alkanes of at least 4 members (excludes halogenated alkanes) is 2. The molecular formula is C34H44N4O5. The summed E-state index contributed by atoms with van der Waals surface area (Å²) in [6.45, 7) is 11.3. The van der Waals surface area contributed by atoms with Gasteiger partial charge >= 0.3 is 6.09 Å². The fourth-order valence-corrected chi connectivity index (χ4v) is 4.84. The number of benzene rings is 3. The van der Waals surface area contributed by atoms with E-state index < -0.39 is 47.9 Å². The van der Waals surface area contributed by atoms with E-state index in [4.69, 9.17) is 10.5 Å². The number of ether oxygens (including phenoxy) is 1. The lowest BCUT2D eigenvalue weighted by Crippen LogP contribution is -2.53. The molecule has 0 aliphatic rings. The predicted molar refractivity (Wildman–Crippen MR) is 169 cm³/mol. The first-order chi connectivity index (χ1) is 20.3. The Morgan fingerprint density at radius 3 is 2.23 bits per heavy atom. The molecule has 0 aromatic heterocycles. The first-order valence-electron chi connectivity index (χ1n) is 14.7. The first-order valence-corrected chi connectivity index (χ1v) is 14.7. The Hall–Kier alpha value is -4.40. The number of nitrogens with one attached hydrogen (secondary N) is 2. The minimum atomic E-state index is -1.32. The molecular weight excluding hydrogens is 544 g/mol. The van der Waals surface area contributed by atoms with E-state index in [0.29, 0.717) is 17.7 Å². The number of anilines is 1. The van der Waals surface area contributed by atoms with Crippen molar-refractivity contribution in [2.45, 2.75) is 84.9 Å². The van der Waals surface area contributed by atoms with Gasteiger partial charge in [0.1, 0.15) is 17.7 Å². The Morgan fingerprint density at radius 1 is 0.907 bits per heavy atom. The maximum absolute atomic E-state index is 14.2. The molecule has 0 aliphatic heterocycles. The normalized spacial score (nSPS) is 12.7. The van der Waals surface area contributed by atoms with Crippen LogP contribution in [-0.4, -0.2) is 46.9 Å². The van der Waals surface area contributed by atoms with E-state index in [1.807, 2.05) is 81.4 Å². The minimum absolute atomic E-state index is 0.223. The number of carbonyl (C=O) groups is 4. The van der Waals surface area contributed by atoms with Crippen LogP contribution in [0.5, 0.6) is 0 Å². The van der Waals surface area contributed by atoms with Crippen molar-refractivity contribution in [2.75, 3.05) is 11.9 Å². The van der Waals surface area contributed by atoms with Crippen LogP contribution in [0.3, 0.4) is 0 Å². The summed E-state index contributed by atoms with van der Waals surface area (Å²) in [7, 11) is 0. The van der Waals surface area contributed by atoms with Crippen LogP contribution in [0.15, 0.2) is 60.7 Å². The average molecular weight is 589 g/mol. The van der Waals surface area contributed by atoms with Crippen LogP contribution in [0.1, 0.15) is 76.1 Å². The molecule has 43 heavy (non-hydrogen) atoms. The van der Waals surface area contributed by atoms with E-state index >= 15 is 0 Å². The quantitative estimate of drug-likeness (QED) is 0.226. The van der Waals surface area contributed by atoms with Gasteiger partial charge in [0, 0.05) is 12.2 Å². The van der Waals surface area contributed by atoms with Gasteiger partial charge in [-0.15, -0.1) is 0 Å². The van der Waals surface area contributed by atoms with Gasteiger partial charge in [-0.05, 0) is 80.6 Å². The van der Waals surface area contributed by atoms with Crippen molar-refractivity contribution in [3.8, 4) is 0 Å². The summed E-state index contributed by atoms with van der Waals surface area (Å²) in [6.07, 6.45) is 1.01. The minimum Gasteiger partial charge on any atom is -0.444 e. The topological polar surface area (TPSA) is 131 Å². The molecule has 9 nitrogen and oxygen atoms in total. The number of alkyl carbamates (subject to hydrolysis) is 1. The monoisotopic (exact) mass is 588 g/mol. The molecule has 230 valence electrons. The highest BCUT2D eigenvalue weighted by Crippen LogP contribution is 2.28. The molecule has 0 saturated heterocycles. The van der Waals surface area contributed by atoms with Gasteiger partial charge in [-0.25, -0.2) is 4.79 Å². The van der Waals surface area contributed by atoms with Crippen molar-refractivity contribution in [2.24, 2.45) is 5.73 Å². The van der Waals surface area contributed by atoms with Crippen LogP contribution in [0.4, 0.5) is 10.5 Å². The summed E-state index contributed by atoms with van der Waals surface area (Å²) in [6, 6.07) is 16.7. The third-order valence-electron chi connectivity index (χ3n) is 7.10. The van der Waals surface area contributed by atoms with E-state index in [2.05, 4.69) is 10.6 Å². The van der Waals surface area contributed by atoms with E-state index in [1.165, 1.54) is 4.90 Å². The molecule has 0 radical (unpaired) electrons. The molecule has 3 aromatic carbocycles. The van der Waals surface area contributed by atoms with Crippen LogP contribution in [0.25, 0.3) is 10.8 Å². The molecule has 0 saturated carbocycles. The largest absolute Gasteiger partial charge is 0.444 e. The number of rotatable bonds is 12. The molecule has 9 heteroatoms. The van der Waals surface area contributed by atoms with E-state index in [1.54, 1.807) is 20.8 Å². The van der Waals surface area contributed by atoms with Crippen molar-refractivity contribution in [3.63, 3.8) is 0 Å². The highest BCUT2D eigenvalue weighted by Gasteiger charge is 2.37. The summed E-state index contributed by atoms with van der Waals surface area (Å²) < 4.78 is 5.36. The van der Waals surface area contributed by atoms with Gasteiger partial charge in [-0.1, -0.05) is 68.3 Å². The fourth-order valence-electron chi connectivity index (χ4n) is 4.84. The number of carbonyl (C=O) groups excluding carboxylic acids is 4. The van der Waals surface area contributed by atoms with Crippen molar-refractivity contribution >= 4 is 40.3 Å². The standard InChI is InChI=1S/C34H44N4O5/c1-7-8-11-18-38(32(41)28(21-29(35)39)37-33(42)43-34(4,5)6)30(26-15-14-22(2)23(3)19-26)31(40)36-27-17-16-24-12-9-10-13-25(24)20-27/h9-10,12-17,19-20,28,30H,7-8,11,18,21H2,1-6H3,(H2,35,39)(H,36,40)(H,37,42). The Morgan fingerprint density at radius 2 is 1.60 bits per heavy atom. The lowest BCUT2D eigenvalue weighted by Gasteiger charge is -2.34. The van der Waals surface area contributed by atoms with Gasteiger partial charge in [0.05, 0.1) is 6.42 Å². The molecule has 0 spiro atoms. The van der Waals surface area contributed by atoms with E-state index in [0.717, 1.165) is 34.7 Å². The Bertz CT molecular complexity index is 1460. The van der Waals surface area contributed by atoms with Crippen molar-refractivity contribution in [3.05, 3.63) is 77.4 Å². The van der Waals surface area contributed by atoms with Crippen molar-refractivity contribution < 1.29 is 23.9 Å². The molecule has 4 amide bonds. The van der Waals surface area contributed by atoms with Crippen molar-refractivity contribution in [1.82, 2.24) is 10.2 Å². The van der Waals surface area contributed by atoms with Crippen LogP contribution in [0.2, 0.25) is 0 Å². The highest BCUT2D eigenvalue weighted by molar-refractivity contribution is 6.01. The second-order valence-corrected chi connectivity index (χ2v) is 11.9. The second kappa shape index (κ2) is 14.7. The van der Waals surface area contributed by atoms with Crippen LogP contribution in [0, 0.1) is 13.8 Å². The maximum atomic E-state index is 14.2. The Balaban J connectivity index is 2.06. The number of hydrogen-bond donors (Lipinski definition) is 3. The third-order valence-corrected chi connectivity index (χ3v) is 7.10. The van der Waals surface area contributed by atoms with E-state index in [9.17, 15) is 19.2 Å². The van der Waals surface area contributed by atoms with Crippen LogP contribution < -0.4 is 16.4 Å². The van der Waals surface area contributed by atoms with Crippen LogP contribution >= 0.6 is 0 Å². The third kappa shape index (κ3) is 9.56. The zero-order valence-electron chi connectivity index (χ0n) is 26.0. The SMILES string of the molecule is CCCCCN(C(=O)C(CC(N)=O)NC(=O)OC(C)(C)C)C(C(=O)Nc1ccc2ccccc2c1)c1ccc(C)c(C)c1.